The van der Waals surface area contributed by atoms with E-state index >= 15 is 0 Å². The maximum Gasteiger partial charge on any atom is 0.229 e. The Bertz CT molecular complexity index is 771. The molecule has 0 atom stereocenters. The van der Waals surface area contributed by atoms with Crippen molar-refractivity contribution < 1.29 is 0 Å². The highest BCUT2D eigenvalue weighted by Gasteiger charge is 2.18. The summed E-state index contributed by atoms with van der Waals surface area (Å²) in [7, 11) is 0. The van der Waals surface area contributed by atoms with Gasteiger partial charge in [-0.2, -0.15) is 9.97 Å². The largest absolute Gasteiger partial charge is 0.364 e. The normalized spacial score (nSPS) is 14.9. The van der Waals surface area contributed by atoms with Crippen molar-refractivity contribution in [3.05, 3.63) is 34.2 Å². The van der Waals surface area contributed by atoms with Crippen LogP contribution in [0.3, 0.4) is 0 Å². The number of nitrogens with zero attached hydrogens (tertiary/aromatic N) is 3. The minimum Gasteiger partial charge on any atom is -0.364 e. The molecule has 1 aliphatic rings. The van der Waals surface area contributed by atoms with E-state index in [4.69, 9.17) is 9.97 Å². The number of aromatic amines is 1. The van der Waals surface area contributed by atoms with E-state index in [-0.39, 0.29) is 0 Å². The molecule has 0 amide bonds. The molecular weight excluding hydrogens is 294 g/mol. The van der Waals surface area contributed by atoms with Gasteiger partial charge in [0.1, 0.15) is 11.5 Å². The Balaban J connectivity index is 1.70. The Morgan fingerprint density at radius 2 is 2.18 bits per heavy atom. The van der Waals surface area contributed by atoms with Crippen molar-refractivity contribution in [3.8, 4) is 0 Å². The Hall–Kier alpha value is -2.08. The van der Waals surface area contributed by atoms with E-state index < -0.39 is 0 Å². The van der Waals surface area contributed by atoms with E-state index in [1.54, 1.807) is 11.3 Å². The second-order valence-corrected chi connectivity index (χ2v) is 6.75. The number of rotatable bonds is 4. The molecule has 5 nitrogen and oxygen atoms in total. The second-order valence-electron chi connectivity index (χ2n) is 5.71. The van der Waals surface area contributed by atoms with Gasteiger partial charge < -0.3 is 15.2 Å². The molecule has 1 fully saturated rings. The summed E-state index contributed by atoms with van der Waals surface area (Å²) in [6, 6.07) is 6.33. The highest BCUT2D eigenvalue weighted by molar-refractivity contribution is 7.09. The summed E-state index contributed by atoms with van der Waals surface area (Å²) in [4.78, 5) is 16.4. The average Bonchev–Trinajstić information content (AvgIpc) is 3.25. The van der Waals surface area contributed by atoms with E-state index in [2.05, 4.69) is 45.7 Å². The highest BCUT2D eigenvalue weighted by Crippen LogP contribution is 2.26. The quantitative estimate of drug-likeness (QED) is 0.773. The summed E-state index contributed by atoms with van der Waals surface area (Å²) >= 11 is 1.76. The molecule has 0 bridgehead atoms. The van der Waals surface area contributed by atoms with Gasteiger partial charge in [0.2, 0.25) is 5.95 Å². The van der Waals surface area contributed by atoms with Crippen LogP contribution in [0.5, 0.6) is 0 Å². The first-order chi connectivity index (χ1) is 10.8. The Morgan fingerprint density at radius 3 is 2.95 bits per heavy atom. The molecule has 22 heavy (non-hydrogen) atoms. The molecule has 1 aliphatic heterocycles. The van der Waals surface area contributed by atoms with E-state index in [0.29, 0.717) is 0 Å². The van der Waals surface area contributed by atoms with Gasteiger partial charge >= 0.3 is 0 Å². The minimum absolute atomic E-state index is 0.799. The van der Waals surface area contributed by atoms with Crippen LogP contribution in [0.2, 0.25) is 0 Å². The number of aryl methyl sites for hydroxylation is 1. The minimum atomic E-state index is 0.799. The predicted molar refractivity (Wildman–Crippen MR) is 91.7 cm³/mol. The first-order valence-corrected chi connectivity index (χ1v) is 8.56. The molecule has 0 aromatic carbocycles. The van der Waals surface area contributed by atoms with Crippen molar-refractivity contribution in [1.82, 2.24) is 15.0 Å². The summed E-state index contributed by atoms with van der Waals surface area (Å²) in [5.41, 5.74) is 2.03. The first kappa shape index (κ1) is 13.6. The fourth-order valence-electron chi connectivity index (χ4n) is 2.91. The number of H-pyrrole nitrogens is 1. The zero-order chi connectivity index (χ0) is 14.9. The smallest absolute Gasteiger partial charge is 0.229 e. The van der Waals surface area contributed by atoms with Crippen molar-refractivity contribution in [2.45, 2.75) is 26.3 Å². The van der Waals surface area contributed by atoms with E-state index in [9.17, 15) is 0 Å². The van der Waals surface area contributed by atoms with E-state index in [1.165, 1.54) is 17.7 Å². The van der Waals surface area contributed by atoms with Crippen molar-refractivity contribution in [2.75, 3.05) is 23.3 Å². The summed E-state index contributed by atoms with van der Waals surface area (Å²) in [5, 5.41) is 6.65. The fraction of sp³-hybridized carbons (Fsp3) is 0.375. The third-order valence-electron chi connectivity index (χ3n) is 4.01. The molecule has 0 unspecified atom stereocenters. The van der Waals surface area contributed by atoms with Gasteiger partial charge in [0, 0.05) is 23.7 Å². The molecule has 0 spiro atoms. The molecular formula is C16H19N5S. The van der Waals surface area contributed by atoms with Crippen LogP contribution in [-0.2, 0) is 6.54 Å². The zero-order valence-corrected chi connectivity index (χ0v) is 13.4. The third-order valence-corrected chi connectivity index (χ3v) is 4.89. The standard InChI is InChI=1S/C16H19N5S/c1-11-9-13-14(17-10-12-5-4-8-22-12)19-16(20-15(13)18-11)21-6-2-3-7-21/h4-5,8-9H,2-3,6-7,10H2,1H3,(H2,17,18,19,20). The van der Waals surface area contributed by atoms with Gasteiger partial charge in [-0.3, -0.25) is 0 Å². The molecule has 4 heterocycles. The van der Waals surface area contributed by atoms with Crippen LogP contribution in [-0.4, -0.2) is 28.0 Å². The van der Waals surface area contributed by atoms with Crippen LogP contribution < -0.4 is 10.2 Å². The van der Waals surface area contributed by atoms with Crippen LogP contribution in [0.1, 0.15) is 23.4 Å². The number of nitrogens with one attached hydrogen (secondary N) is 2. The van der Waals surface area contributed by atoms with Crippen molar-refractivity contribution in [2.24, 2.45) is 0 Å². The van der Waals surface area contributed by atoms with Crippen molar-refractivity contribution in [3.63, 3.8) is 0 Å². The van der Waals surface area contributed by atoms with Gasteiger partial charge in [-0.15, -0.1) is 11.3 Å². The molecule has 3 aromatic heterocycles. The maximum absolute atomic E-state index is 4.78. The number of thiophene rings is 1. The van der Waals surface area contributed by atoms with Crippen LogP contribution >= 0.6 is 11.3 Å². The summed E-state index contributed by atoms with van der Waals surface area (Å²) < 4.78 is 0. The number of hydrogen-bond acceptors (Lipinski definition) is 5. The molecule has 1 saturated heterocycles. The van der Waals surface area contributed by atoms with Gasteiger partial charge in [0.15, 0.2) is 0 Å². The fourth-order valence-corrected chi connectivity index (χ4v) is 3.55. The number of aromatic nitrogens is 3. The molecule has 4 rings (SSSR count). The summed E-state index contributed by atoms with van der Waals surface area (Å²) in [5.74, 6) is 1.75. The predicted octanol–water partition coefficient (Wildman–Crippen LogP) is 3.54. The van der Waals surface area contributed by atoms with Crippen molar-refractivity contribution >= 4 is 34.1 Å². The molecule has 6 heteroatoms. The Kier molecular flexibility index (Phi) is 3.46. The van der Waals surface area contributed by atoms with Crippen LogP contribution in [0.15, 0.2) is 23.6 Å². The SMILES string of the molecule is Cc1cc2c(NCc3cccs3)nc(N3CCCC3)nc2[nH]1. The lowest BCUT2D eigenvalue weighted by Crippen LogP contribution is -2.21. The van der Waals surface area contributed by atoms with Gasteiger partial charge in [-0.25, -0.2) is 0 Å². The number of fused-ring (bicyclic) bond motifs is 1. The Morgan fingerprint density at radius 1 is 1.32 bits per heavy atom. The van der Waals surface area contributed by atoms with Crippen LogP contribution in [0.4, 0.5) is 11.8 Å². The number of anilines is 2. The molecule has 114 valence electrons. The van der Waals surface area contributed by atoms with Gasteiger partial charge in [-0.1, -0.05) is 6.07 Å². The molecule has 0 saturated carbocycles. The molecule has 0 aliphatic carbocycles. The van der Waals surface area contributed by atoms with E-state index in [1.807, 2.05) is 0 Å². The Labute approximate surface area is 133 Å². The lowest BCUT2D eigenvalue weighted by molar-refractivity contribution is 0.904. The van der Waals surface area contributed by atoms with Crippen LogP contribution in [0.25, 0.3) is 11.0 Å². The molecule has 2 N–H and O–H groups in total. The zero-order valence-electron chi connectivity index (χ0n) is 12.6. The van der Waals surface area contributed by atoms with Crippen molar-refractivity contribution in [1.29, 1.82) is 0 Å². The van der Waals surface area contributed by atoms with Gasteiger partial charge in [-0.05, 0) is 37.3 Å². The first-order valence-electron chi connectivity index (χ1n) is 7.68. The lowest BCUT2D eigenvalue weighted by Gasteiger charge is -2.16. The van der Waals surface area contributed by atoms with Crippen LogP contribution in [0, 0.1) is 6.92 Å². The summed E-state index contributed by atoms with van der Waals surface area (Å²) in [6.45, 7) is 4.96. The molecule has 3 aromatic rings. The summed E-state index contributed by atoms with van der Waals surface area (Å²) in [6.07, 6.45) is 2.45. The highest BCUT2D eigenvalue weighted by atomic mass is 32.1. The van der Waals surface area contributed by atoms with E-state index in [0.717, 1.165) is 48.1 Å². The maximum atomic E-state index is 4.78. The monoisotopic (exact) mass is 313 g/mol. The average molecular weight is 313 g/mol. The third kappa shape index (κ3) is 2.54. The topological polar surface area (TPSA) is 56.8 Å². The second kappa shape index (κ2) is 5.61. The number of hydrogen-bond donors (Lipinski definition) is 2. The lowest BCUT2D eigenvalue weighted by atomic mass is 10.3. The van der Waals surface area contributed by atoms with Gasteiger partial charge in [0.25, 0.3) is 0 Å². The van der Waals surface area contributed by atoms with Gasteiger partial charge in [0.05, 0.1) is 11.9 Å². The molecule has 0 radical (unpaired) electrons.